The zero-order valence-corrected chi connectivity index (χ0v) is 20.1. The molecule has 180 valence electrons. The van der Waals surface area contributed by atoms with E-state index in [2.05, 4.69) is 24.1 Å². The van der Waals surface area contributed by atoms with E-state index in [4.69, 9.17) is 9.47 Å². The number of benzene rings is 1. The Kier molecular flexibility index (Phi) is 11.8. The normalized spacial score (nSPS) is 14.1. The molecule has 0 aromatic heterocycles. The van der Waals surface area contributed by atoms with Crippen LogP contribution in [0.3, 0.4) is 0 Å². The third-order valence-corrected chi connectivity index (χ3v) is 4.76. The lowest BCUT2D eigenvalue weighted by Crippen LogP contribution is -2.48. The first-order valence-electron chi connectivity index (χ1n) is 11.3. The van der Waals surface area contributed by atoms with Gasteiger partial charge in [0.2, 0.25) is 5.91 Å². The molecule has 32 heavy (non-hydrogen) atoms. The Hall–Kier alpha value is -2.54. The topological polar surface area (TPSA) is 96.9 Å². The third-order valence-electron chi connectivity index (χ3n) is 4.76. The minimum Gasteiger partial charge on any atom is -0.490 e. The molecule has 7 heteroatoms. The number of aliphatic hydroxyl groups is 1. The summed E-state index contributed by atoms with van der Waals surface area (Å²) >= 11 is 0. The average Bonchev–Trinajstić information content (AvgIpc) is 2.70. The Morgan fingerprint density at radius 2 is 2.00 bits per heavy atom. The molecule has 0 bridgehead atoms. The summed E-state index contributed by atoms with van der Waals surface area (Å²) < 4.78 is 11.0. The number of rotatable bonds is 13. The number of ether oxygens (including phenoxy) is 2. The molecular weight excluding hydrogens is 408 g/mol. The van der Waals surface area contributed by atoms with Crippen molar-refractivity contribution in [3.05, 3.63) is 42.5 Å². The molecule has 0 heterocycles. The van der Waals surface area contributed by atoms with Crippen molar-refractivity contribution in [1.29, 1.82) is 0 Å². The van der Waals surface area contributed by atoms with Gasteiger partial charge in [-0.3, -0.25) is 4.79 Å². The predicted molar refractivity (Wildman–Crippen MR) is 127 cm³/mol. The Morgan fingerprint density at radius 1 is 1.28 bits per heavy atom. The first-order valence-corrected chi connectivity index (χ1v) is 11.3. The summed E-state index contributed by atoms with van der Waals surface area (Å²) in [4.78, 5) is 24.7. The van der Waals surface area contributed by atoms with Crippen molar-refractivity contribution in [3.63, 3.8) is 0 Å². The minimum atomic E-state index is -0.938. The second kappa shape index (κ2) is 13.8. The largest absolute Gasteiger partial charge is 0.490 e. The van der Waals surface area contributed by atoms with Crippen LogP contribution in [-0.4, -0.2) is 48.0 Å². The lowest BCUT2D eigenvalue weighted by molar-refractivity contribution is -0.125. The highest BCUT2D eigenvalue weighted by Crippen LogP contribution is 2.19. The molecule has 3 atom stereocenters. The number of carbonyl (C=O) groups is 2. The van der Waals surface area contributed by atoms with Crippen molar-refractivity contribution in [2.75, 3.05) is 13.2 Å². The average molecular weight is 449 g/mol. The van der Waals surface area contributed by atoms with Gasteiger partial charge in [-0.25, -0.2) is 4.79 Å². The SMILES string of the molecule is C=CCOc1cccc(C[C@H](NC(=O)OC(C)(C)C)[C@H](O)C[C@@H](C)C(=O)NCCCC)c1. The number of aliphatic hydroxyl groups excluding tert-OH is 1. The van der Waals surface area contributed by atoms with Gasteiger partial charge in [-0.15, -0.1) is 0 Å². The molecule has 0 aliphatic carbocycles. The first kappa shape index (κ1) is 27.5. The fraction of sp³-hybridized carbons (Fsp3) is 0.600. The minimum absolute atomic E-state index is 0.103. The van der Waals surface area contributed by atoms with Crippen LogP contribution in [0, 0.1) is 5.92 Å². The lowest BCUT2D eigenvalue weighted by atomic mass is 9.93. The van der Waals surface area contributed by atoms with E-state index in [0.717, 1.165) is 18.4 Å². The Bertz CT molecular complexity index is 729. The van der Waals surface area contributed by atoms with Crippen LogP contribution in [0.25, 0.3) is 0 Å². The van der Waals surface area contributed by atoms with Crippen LogP contribution in [0.15, 0.2) is 36.9 Å². The molecule has 0 radical (unpaired) electrons. The Labute approximate surface area is 192 Å². The fourth-order valence-electron chi connectivity index (χ4n) is 3.11. The summed E-state index contributed by atoms with van der Waals surface area (Å²) in [6.45, 7) is 13.8. The number of hydrogen-bond acceptors (Lipinski definition) is 5. The highest BCUT2D eigenvalue weighted by atomic mass is 16.6. The third kappa shape index (κ3) is 11.2. The number of amides is 2. The van der Waals surface area contributed by atoms with E-state index in [0.29, 0.717) is 25.3 Å². The smallest absolute Gasteiger partial charge is 0.407 e. The second-order valence-electron chi connectivity index (χ2n) is 9.05. The zero-order chi connectivity index (χ0) is 24.1. The second-order valence-corrected chi connectivity index (χ2v) is 9.05. The molecule has 1 rings (SSSR count). The van der Waals surface area contributed by atoms with Crippen molar-refractivity contribution in [2.24, 2.45) is 5.92 Å². The van der Waals surface area contributed by atoms with E-state index >= 15 is 0 Å². The molecule has 0 spiro atoms. The Morgan fingerprint density at radius 3 is 2.62 bits per heavy atom. The molecule has 0 aliphatic heterocycles. The van der Waals surface area contributed by atoms with E-state index in [-0.39, 0.29) is 12.3 Å². The van der Waals surface area contributed by atoms with Crippen molar-refractivity contribution >= 4 is 12.0 Å². The molecule has 1 aromatic rings. The number of nitrogens with one attached hydrogen (secondary N) is 2. The molecule has 7 nitrogen and oxygen atoms in total. The van der Waals surface area contributed by atoms with E-state index in [1.165, 1.54) is 0 Å². The highest BCUT2D eigenvalue weighted by molar-refractivity contribution is 5.78. The van der Waals surface area contributed by atoms with Crippen LogP contribution >= 0.6 is 0 Å². The molecule has 2 amide bonds. The predicted octanol–water partition coefficient (Wildman–Crippen LogP) is 3.99. The van der Waals surface area contributed by atoms with Gasteiger partial charge in [0, 0.05) is 12.5 Å². The van der Waals surface area contributed by atoms with Gasteiger partial charge in [-0.2, -0.15) is 0 Å². The number of alkyl carbamates (subject to hydrolysis) is 1. The summed E-state index contributed by atoms with van der Waals surface area (Å²) in [5.74, 6) is 0.178. The monoisotopic (exact) mass is 448 g/mol. The standard InChI is InChI=1S/C25H40N2O5/c1-7-9-13-26-23(29)18(3)15-22(28)21(27-24(30)32-25(4,5)6)17-19-11-10-12-20(16-19)31-14-8-2/h8,10-12,16,18,21-22,28H,2,7,9,13-15,17H2,1,3-6H3,(H,26,29)(H,27,30)/t18-,21+,22-/m1/s1. The van der Waals surface area contributed by atoms with Gasteiger partial charge in [0.25, 0.3) is 0 Å². The first-order chi connectivity index (χ1) is 15.1. The van der Waals surface area contributed by atoms with E-state index in [9.17, 15) is 14.7 Å². The van der Waals surface area contributed by atoms with Gasteiger partial charge in [0.15, 0.2) is 0 Å². The maximum atomic E-state index is 12.4. The van der Waals surface area contributed by atoms with Crippen molar-refractivity contribution in [2.45, 2.75) is 78.0 Å². The summed E-state index contributed by atoms with van der Waals surface area (Å²) in [5, 5.41) is 16.6. The zero-order valence-electron chi connectivity index (χ0n) is 20.1. The van der Waals surface area contributed by atoms with Gasteiger partial charge >= 0.3 is 6.09 Å². The Balaban J connectivity index is 2.90. The summed E-state index contributed by atoms with van der Waals surface area (Å²) in [7, 11) is 0. The number of hydrogen-bond donors (Lipinski definition) is 3. The van der Waals surface area contributed by atoms with Gasteiger partial charge in [0.05, 0.1) is 12.1 Å². The molecule has 0 aliphatic rings. The van der Waals surface area contributed by atoms with E-state index < -0.39 is 29.8 Å². The molecule has 0 saturated heterocycles. The molecule has 0 fully saturated rings. The van der Waals surface area contributed by atoms with Crippen molar-refractivity contribution < 1.29 is 24.2 Å². The number of unbranched alkanes of at least 4 members (excludes halogenated alkanes) is 1. The van der Waals surface area contributed by atoms with Gasteiger partial charge in [0.1, 0.15) is 18.0 Å². The number of carbonyl (C=O) groups excluding carboxylic acids is 2. The maximum absolute atomic E-state index is 12.4. The van der Waals surface area contributed by atoms with Crippen molar-refractivity contribution in [1.82, 2.24) is 10.6 Å². The van der Waals surface area contributed by atoms with Gasteiger partial charge in [-0.1, -0.05) is 45.1 Å². The maximum Gasteiger partial charge on any atom is 0.407 e. The van der Waals surface area contributed by atoms with Crippen LogP contribution in [0.5, 0.6) is 5.75 Å². The van der Waals surface area contributed by atoms with E-state index in [1.54, 1.807) is 33.8 Å². The fourth-order valence-corrected chi connectivity index (χ4v) is 3.11. The van der Waals surface area contributed by atoms with Crippen LogP contribution in [0.2, 0.25) is 0 Å². The summed E-state index contributed by atoms with van der Waals surface area (Å²) in [6, 6.07) is 6.82. The molecule has 3 N–H and O–H groups in total. The van der Waals surface area contributed by atoms with Gasteiger partial charge in [-0.05, 0) is 57.7 Å². The van der Waals surface area contributed by atoms with Crippen LogP contribution in [0.1, 0.15) is 59.4 Å². The quantitative estimate of drug-likeness (QED) is 0.313. The highest BCUT2D eigenvalue weighted by Gasteiger charge is 2.28. The molecule has 0 unspecified atom stereocenters. The summed E-state index contributed by atoms with van der Waals surface area (Å²) in [5.41, 5.74) is 0.219. The van der Waals surface area contributed by atoms with Crippen LogP contribution in [0.4, 0.5) is 4.79 Å². The molecule has 1 aromatic carbocycles. The summed E-state index contributed by atoms with van der Waals surface area (Å²) in [6.07, 6.45) is 2.59. The molecular formula is C25H40N2O5. The lowest BCUT2D eigenvalue weighted by Gasteiger charge is -2.28. The van der Waals surface area contributed by atoms with Crippen molar-refractivity contribution in [3.8, 4) is 5.75 Å². The van der Waals surface area contributed by atoms with E-state index in [1.807, 2.05) is 24.3 Å². The van der Waals surface area contributed by atoms with Crippen LogP contribution < -0.4 is 15.4 Å². The van der Waals surface area contributed by atoms with Gasteiger partial charge < -0.3 is 25.2 Å². The molecule has 0 saturated carbocycles. The van der Waals surface area contributed by atoms with Crippen LogP contribution in [-0.2, 0) is 16.0 Å².